The maximum Gasteiger partial charge on any atom is 0.316 e. The van der Waals surface area contributed by atoms with Crippen LogP contribution in [-0.2, 0) is 19.6 Å². The molecule has 0 fully saturated rings. The van der Waals surface area contributed by atoms with E-state index in [-0.39, 0.29) is 28.7 Å². The molecule has 10 heteroatoms. The first kappa shape index (κ1) is 27.7. The van der Waals surface area contributed by atoms with Gasteiger partial charge >= 0.3 is 5.97 Å². The van der Waals surface area contributed by atoms with Gasteiger partial charge in [0.05, 0.1) is 12.0 Å². The summed E-state index contributed by atoms with van der Waals surface area (Å²) in [5, 5.41) is 8.16. The van der Waals surface area contributed by atoms with Gasteiger partial charge in [-0.2, -0.15) is 0 Å². The van der Waals surface area contributed by atoms with Crippen LogP contribution in [0.15, 0.2) is 50.9 Å². The maximum absolute atomic E-state index is 13.7. The van der Waals surface area contributed by atoms with Crippen LogP contribution in [0.4, 0.5) is 5.69 Å². The van der Waals surface area contributed by atoms with E-state index in [0.29, 0.717) is 22.1 Å². The number of nitrogens with zero attached hydrogens (tertiary/aromatic N) is 2. The number of esters is 1. The molecular weight excluding hydrogens is 498 g/mol. The van der Waals surface area contributed by atoms with Crippen molar-refractivity contribution in [1.29, 1.82) is 0 Å². The Morgan fingerprint density at radius 1 is 0.972 bits per heavy atom. The Morgan fingerprint density at radius 3 is 2.06 bits per heavy atom. The fourth-order valence-electron chi connectivity index (χ4n) is 3.65. The predicted octanol–water partition coefficient (Wildman–Crippen LogP) is 6.17. The molecule has 8 nitrogen and oxygen atoms in total. The van der Waals surface area contributed by atoms with Crippen LogP contribution in [0.3, 0.4) is 0 Å². The van der Waals surface area contributed by atoms with Crippen molar-refractivity contribution >= 4 is 33.4 Å². The number of carbonyl (C=O) groups is 1. The smallest absolute Gasteiger partial charge is 0.316 e. The average Bonchev–Trinajstić information content (AvgIpc) is 3.30. The highest BCUT2D eigenvalue weighted by atomic mass is 32.2. The first-order chi connectivity index (χ1) is 16.9. The van der Waals surface area contributed by atoms with E-state index >= 15 is 0 Å². The SMILES string of the molecule is COC(=O)CSc1nnc(-c2ccc(NS(=O)(=O)c3c(C(C)C)cc(C(C)C)cc3C(C)C)cc2)o1. The summed E-state index contributed by atoms with van der Waals surface area (Å²) >= 11 is 1.08. The first-order valence-electron chi connectivity index (χ1n) is 11.8. The number of thioether (sulfide) groups is 1. The van der Waals surface area contributed by atoms with E-state index < -0.39 is 16.0 Å². The number of hydrogen-bond donors (Lipinski definition) is 1. The Kier molecular flexibility index (Phi) is 8.84. The summed E-state index contributed by atoms with van der Waals surface area (Å²) in [6, 6.07) is 10.8. The van der Waals surface area contributed by atoms with Gasteiger partial charge in [0, 0.05) is 11.3 Å². The number of aromatic nitrogens is 2. The molecule has 3 rings (SSSR count). The van der Waals surface area contributed by atoms with Crippen LogP contribution in [-0.4, -0.2) is 37.4 Å². The minimum Gasteiger partial charge on any atom is -0.468 e. The molecule has 36 heavy (non-hydrogen) atoms. The largest absolute Gasteiger partial charge is 0.468 e. The second kappa shape index (κ2) is 11.5. The standard InChI is InChI=1S/C26H33N3O5S2/c1-15(2)19-12-21(16(3)4)24(22(13-19)17(5)6)36(31,32)29-20-10-8-18(9-11-20)25-27-28-26(34-25)35-14-23(30)33-7/h8-13,15-17,29H,14H2,1-7H3. The van der Waals surface area contributed by atoms with Crippen molar-refractivity contribution in [3.63, 3.8) is 0 Å². The second-order valence-electron chi connectivity index (χ2n) is 9.41. The number of hydrogen-bond acceptors (Lipinski definition) is 8. The summed E-state index contributed by atoms with van der Waals surface area (Å²) in [6.45, 7) is 12.3. The zero-order valence-electron chi connectivity index (χ0n) is 21.7. The Bertz CT molecular complexity index is 1280. The number of benzene rings is 2. The molecule has 0 atom stereocenters. The molecule has 0 bridgehead atoms. The molecule has 194 valence electrons. The van der Waals surface area contributed by atoms with Crippen LogP contribution in [0.2, 0.25) is 0 Å². The number of methoxy groups -OCH3 is 1. The quantitative estimate of drug-likeness (QED) is 0.244. The van der Waals surface area contributed by atoms with Gasteiger partial charge in [-0.3, -0.25) is 9.52 Å². The lowest BCUT2D eigenvalue weighted by Gasteiger charge is -2.23. The molecule has 0 spiro atoms. The molecule has 0 aliphatic rings. The molecule has 0 saturated heterocycles. The average molecular weight is 532 g/mol. The monoisotopic (exact) mass is 531 g/mol. The predicted molar refractivity (Wildman–Crippen MR) is 142 cm³/mol. The molecule has 1 heterocycles. The van der Waals surface area contributed by atoms with Crippen LogP contribution in [0.1, 0.15) is 76.0 Å². The molecule has 1 N–H and O–H groups in total. The summed E-state index contributed by atoms with van der Waals surface area (Å²) in [7, 11) is -2.54. The van der Waals surface area contributed by atoms with Crippen molar-refractivity contribution < 1.29 is 22.4 Å². The third kappa shape index (κ3) is 6.47. The van der Waals surface area contributed by atoms with Gasteiger partial charge in [-0.1, -0.05) is 65.4 Å². The number of nitrogens with one attached hydrogen (secondary N) is 1. The third-order valence-electron chi connectivity index (χ3n) is 5.68. The number of carbonyl (C=O) groups excluding carboxylic acids is 1. The Hall–Kier alpha value is -2.85. The van der Waals surface area contributed by atoms with Crippen molar-refractivity contribution in [3.8, 4) is 11.5 Å². The van der Waals surface area contributed by atoms with Gasteiger partial charge in [0.15, 0.2) is 0 Å². The topological polar surface area (TPSA) is 111 Å². The summed E-state index contributed by atoms with van der Waals surface area (Å²) < 4.78 is 40.2. The van der Waals surface area contributed by atoms with E-state index in [9.17, 15) is 13.2 Å². The normalized spacial score (nSPS) is 11.9. The fraction of sp³-hybridized carbons (Fsp3) is 0.423. The lowest BCUT2D eigenvalue weighted by Crippen LogP contribution is -2.19. The lowest BCUT2D eigenvalue weighted by molar-refractivity contribution is -0.137. The molecule has 0 saturated carbocycles. The van der Waals surface area contributed by atoms with E-state index in [1.165, 1.54) is 7.11 Å². The fourth-order valence-corrected chi connectivity index (χ4v) is 6.01. The van der Waals surface area contributed by atoms with Gasteiger partial charge in [0.2, 0.25) is 5.89 Å². The van der Waals surface area contributed by atoms with Crippen molar-refractivity contribution in [2.45, 2.75) is 69.4 Å². The van der Waals surface area contributed by atoms with Crippen LogP contribution in [0.25, 0.3) is 11.5 Å². The molecular formula is C26H33N3O5S2. The molecule has 0 unspecified atom stereocenters. The van der Waals surface area contributed by atoms with Crippen LogP contribution >= 0.6 is 11.8 Å². The third-order valence-corrected chi connectivity index (χ3v) is 7.99. The molecule has 2 aromatic carbocycles. The van der Waals surface area contributed by atoms with Gasteiger partial charge in [-0.15, -0.1) is 10.2 Å². The molecule has 0 aliphatic carbocycles. The zero-order chi connectivity index (χ0) is 26.6. The van der Waals surface area contributed by atoms with Gasteiger partial charge in [0.25, 0.3) is 15.2 Å². The Labute approximate surface area is 217 Å². The first-order valence-corrected chi connectivity index (χ1v) is 14.2. The summed E-state index contributed by atoms with van der Waals surface area (Å²) in [4.78, 5) is 11.6. The molecule has 0 radical (unpaired) electrons. The van der Waals surface area contributed by atoms with Crippen molar-refractivity contribution in [1.82, 2.24) is 10.2 Å². The summed E-state index contributed by atoms with van der Waals surface area (Å²) in [5.41, 5.74) is 3.82. The van der Waals surface area contributed by atoms with Crippen molar-refractivity contribution in [3.05, 3.63) is 53.1 Å². The number of ether oxygens (including phenoxy) is 1. The van der Waals surface area contributed by atoms with E-state index in [1.54, 1.807) is 24.3 Å². The van der Waals surface area contributed by atoms with Crippen LogP contribution in [0.5, 0.6) is 0 Å². The highest BCUT2D eigenvalue weighted by Gasteiger charge is 2.27. The summed E-state index contributed by atoms with van der Waals surface area (Å²) in [6.07, 6.45) is 0. The highest BCUT2D eigenvalue weighted by Crippen LogP contribution is 2.36. The van der Waals surface area contributed by atoms with Gasteiger partial charge in [-0.05, 0) is 58.7 Å². The minimum atomic E-state index is -3.85. The Balaban J connectivity index is 1.88. The van der Waals surface area contributed by atoms with Crippen LogP contribution in [0, 0.1) is 0 Å². The van der Waals surface area contributed by atoms with E-state index in [1.807, 2.05) is 39.8 Å². The zero-order valence-corrected chi connectivity index (χ0v) is 23.3. The number of rotatable bonds is 10. The second-order valence-corrected chi connectivity index (χ2v) is 12.0. The molecule has 1 aromatic heterocycles. The maximum atomic E-state index is 13.7. The summed E-state index contributed by atoms with van der Waals surface area (Å²) in [5.74, 6) is 0.314. The lowest BCUT2D eigenvalue weighted by atomic mass is 9.89. The van der Waals surface area contributed by atoms with Crippen LogP contribution < -0.4 is 4.72 Å². The number of sulfonamides is 1. The Morgan fingerprint density at radius 2 is 1.56 bits per heavy atom. The molecule has 0 amide bonds. The van der Waals surface area contributed by atoms with Crippen molar-refractivity contribution in [2.75, 3.05) is 17.6 Å². The molecule has 0 aliphatic heterocycles. The molecule has 3 aromatic rings. The number of anilines is 1. The van der Waals surface area contributed by atoms with Gasteiger partial charge in [-0.25, -0.2) is 8.42 Å². The van der Waals surface area contributed by atoms with E-state index in [0.717, 1.165) is 28.5 Å². The van der Waals surface area contributed by atoms with Crippen molar-refractivity contribution in [2.24, 2.45) is 0 Å². The highest BCUT2D eigenvalue weighted by molar-refractivity contribution is 7.99. The van der Waals surface area contributed by atoms with Gasteiger partial charge in [0.1, 0.15) is 5.75 Å². The van der Waals surface area contributed by atoms with E-state index in [2.05, 4.69) is 33.5 Å². The van der Waals surface area contributed by atoms with E-state index in [4.69, 9.17) is 4.42 Å². The minimum absolute atomic E-state index is 0.0407. The van der Waals surface area contributed by atoms with Gasteiger partial charge < -0.3 is 9.15 Å².